The molecule has 1 heterocycles. The Labute approximate surface area is 134 Å². The first-order chi connectivity index (χ1) is 10.6. The number of aliphatic hydroxyl groups excluding tert-OH is 1. The van der Waals surface area contributed by atoms with Gasteiger partial charge >= 0.3 is 0 Å². The average molecular weight is 306 g/mol. The first kappa shape index (κ1) is 17.3. The van der Waals surface area contributed by atoms with Crippen molar-refractivity contribution in [2.45, 2.75) is 31.8 Å². The van der Waals surface area contributed by atoms with Crippen LogP contribution in [0, 0.1) is 0 Å². The maximum Gasteiger partial charge on any atom is 0.119 e. The second-order valence-corrected chi connectivity index (χ2v) is 6.43. The van der Waals surface area contributed by atoms with Gasteiger partial charge in [-0.05, 0) is 70.6 Å². The molecule has 0 amide bonds. The lowest BCUT2D eigenvalue weighted by Crippen LogP contribution is -2.21. The van der Waals surface area contributed by atoms with Gasteiger partial charge in [0.15, 0.2) is 0 Å². The van der Waals surface area contributed by atoms with Gasteiger partial charge in [0, 0.05) is 13.1 Å². The van der Waals surface area contributed by atoms with Crippen molar-refractivity contribution in [3.63, 3.8) is 0 Å². The Kier molecular flexibility index (Phi) is 7.16. The van der Waals surface area contributed by atoms with Gasteiger partial charge in [-0.25, -0.2) is 0 Å². The number of nitrogens with zero attached hydrogens (tertiary/aromatic N) is 2. The second-order valence-electron chi connectivity index (χ2n) is 6.43. The van der Waals surface area contributed by atoms with Crippen LogP contribution in [0.3, 0.4) is 0 Å². The fourth-order valence-electron chi connectivity index (χ4n) is 2.84. The summed E-state index contributed by atoms with van der Waals surface area (Å²) in [6, 6.07) is 7.87. The summed E-state index contributed by atoms with van der Waals surface area (Å²) in [5.41, 5.74) is 0.943. The molecule has 2 rings (SSSR count). The monoisotopic (exact) mass is 306 g/mol. The first-order valence-corrected chi connectivity index (χ1v) is 8.43. The Morgan fingerprint density at radius 3 is 2.77 bits per heavy atom. The molecule has 0 radical (unpaired) electrons. The Morgan fingerprint density at radius 1 is 1.27 bits per heavy atom. The van der Waals surface area contributed by atoms with E-state index in [0.29, 0.717) is 0 Å². The van der Waals surface area contributed by atoms with Crippen molar-refractivity contribution in [3.8, 4) is 5.75 Å². The van der Waals surface area contributed by atoms with Crippen LogP contribution in [0.2, 0.25) is 0 Å². The number of hydrogen-bond donors (Lipinski definition) is 1. The van der Waals surface area contributed by atoms with Crippen molar-refractivity contribution in [3.05, 3.63) is 29.8 Å². The van der Waals surface area contributed by atoms with Crippen molar-refractivity contribution in [1.29, 1.82) is 0 Å². The smallest absolute Gasteiger partial charge is 0.119 e. The Bertz CT molecular complexity index is 431. The third kappa shape index (κ3) is 5.95. The lowest BCUT2D eigenvalue weighted by Gasteiger charge is -2.16. The number of aliphatic hydroxyl groups is 1. The Morgan fingerprint density at radius 2 is 2.05 bits per heavy atom. The van der Waals surface area contributed by atoms with Crippen LogP contribution in [-0.4, -0.2) is 61.8 Å². The number of likely N-dealkylation sites (tertiary alicyclic amines) is 1. The van der Waals surface area contributed by atoms with E-state index in [9.17, 15) is 5.11 Å². The van der Waals surface area contributed by atoms with Crippen molar-refractivity contribution >= 4 is 0 Å². The molecule has 4 nitrogen and oxygen atoms in total. The lowest BCUT2D eigenvalue weighted by molar-refractivity contribution is 0.153. The molecule has 1 aliphatic heterocycles. The van der Waals surface area contributed by atoms with Gasteiger partial charge in [-0.3, -0.25) is 0 Å². The van der Waals surface area contributed by atoms with Crippen LogP contribution in [0.5, 0.6) is 5.75 Å². The summed E-state index contributed by atoms with van der Waals surface area (Å²) >= 11 is 0. The van der Waals surface area contributed by atoms with E-state index in [2.05, 4.69) is 9.80 Å². The fraction of sp³-hybridized carbons (Fsp3) is 0.667. The molecule has 1 aromatic rings. The van der Waals surface area contributed by atoms with E-state index in [0.717, 1.165) is 43.9 Å². The van der Waals surface area contributed by atoms with E-state index in [1.54, 1.807) is 0 Å². The van der Waals surface area contributed by atoms with Crippen molar-refractivity contribution in [2.75, 3.05) is 46.9 Å². The Hall–Kier alpha value is -1.10. The number of benzene rings is 1. The summed E-state index contributed by atoms with van der Waals surface area (Å²) in [7, 11) is 4.04. The van der Waals surface area contributed by atoms with E-state index in [4.69, 9.17) is 4.74 Å². The summed E-state index contributed by atoms with van der Waals surface area (Å²) in [5, 5.41) is 10.2. The SMILES string of the molecule is CN(C)CCC(O)c1cccc(OCCCN2CCCC2)c1. The Balaban J connectivity index is 1.73. The minimum absolute atomic E-state index is 0.421. The molecule has 1 N–H and O–H groups in total. The molecule has 0 aliphatic carbocycles. The van der Waals surface area contributed by atoms with Crippen LogP contribution < -0.4 is 4.74 Å². The van der Waals surface area contributed by atoms with Gasteiger partial charge in [0.2, 0.25) is 0 Å². The molecule has 0 aromatic heterocycles. The van der Waals surface area contributed by atoms with Crippen molar-refractivity contribution in [2.24, 2.45) is 0 Å². The zero-order valence-electron chi connectivity index (χ0n) is 14.0. The first-order valence-electron chi connectivity index (χ1n) is 8.43. The number of hydrogen-bond acceptors (Lipinski definition) is 4. The largest absolute Gasteiger partial charge is 0.494 e. The molecule has 1 saturated heterocycles. The summed E-state index contributed by atoms with van der Waals surface area (Å²) < 4.78 is 5.83. The molecular weight excluding hydrogens is 276 g/mol. The van der Waals surface area contributed by atoms with Crippen molar-refractivity contribution < 1.29 is 9.84 Å². The van der Waals surface area contributed by atoms with Gasteiger partial charge in [0.25, 0.3) is 0 Å². The molecule has 1 atom stereocenters. The molecule has 1 aromatic carbocycles. The van der Waals surface area contributed by atoms with Crippen LogP contribution >= 0.6 is 0 Å². The minimum atomic E-state index is -0.421. The van der Waals surface area contributed by atoms with Crippen LogP contribution in [0.15, 0.2) is 24.3 Å². The third-order valence-electron chi connectivity index (χ3n) is 4.18. The predicted molar refractivity (Wildman–Crippen MR) is 90.4 cm³/mol. The van der Waals surface area contributed by atoms with E-state index in [-0.39, 0.29) is 0 Å². The molecule has 1 unspecified atom stereocenters. The molecule has 4 heteroatoms. The molecule has 0 bridgehead atoms. The predicted octanol–water partition coefficient (Wildman–Crippen LogP) is 2.54. The molecule has 0 spiro atoms. The van der Waals surface area contributed by atoms with Crippen LogP contribution in [0.1, 0.15) is 37.4 Å². The summed E-state index contributed by atoms with van der Waals surface area (Å²) in [6.07, 6.45) is 4.07. The molecule has 1 aliphatic rings. The van der Waals surface area contributed by atoms with Gasteiger partial charge < -0.3 is 19.6 Å². The summed E-state index contributed by atoms with van der Waals surface area (Å²) in [4.78, 5) is 4.59. The highest BCUT2D eigenvalue weighted by atomic mass is 16.5. The average Bonchev–Trinajstić information content (AvgIpc) is 3.03. The summed E-state index contributed by atoms with van der Waals surface area (Å²) in [6.45, 7) is 5.24. The maximum absolute atomic E-state index is 10.2. The normalized spacial score (nSPS) is 17.1. The van der Waals surface area contributed by atoms with Gasteiger partial charge in [-0.2, -0.15) is 0 Å². The molecule has 22 heavy (non-hydrogen) atoms. The second kappa shape index (κ2) is 9.13. The minimum Gasteiger partial charge on any atom is -0.494 e. The summed E-state index contributed by atoms with van der Waals surface area (Å²) in [5.74, 6) is 0.864. The van der Waals surface area contributed by atoms with E-state index in [1.165, 1.54) is 25.9 Å². The molecule has 0 saturated carbocycles. The zero-order chi connectivity index (χ0) is 15.8. The topological polar surface area (TPSA) is 35.9 Å². The molecule has 124 valence electrons. The maximum atomic E-state index is 10.2. The molecular formula is C18H30N2O2. The van der Waals surface area contributed by atoms with Gasteiger partial charge in [-0.1, -0.05) is 12.1 Å². The fourth-order valence-corrected chi connectivity index (χ4v) is 2.84. The van der Waals surface area contributed by atoms with E-state index >= 15 is 0 Å². The highest BCUT2D eigenvalue weighted by Crippen LogP contribution is 2.22. The zero-order valence-corrected chi connectivity index (χ0v) is 14.0. The van der Waals surface area contributed by atoms with Crippen LogP contribution in [0.25, 0.3) is 0 Å². The quantitative estimate of drug-likeness (QED) is 0.711. The highest BCUT2D eigenvalue weighted by Gasteiger charge is 2.11. The standard InChI is InChI=1S/C18H30N2O2/c1-19(2)13-9-18(21)16-7-5-8-17(15-16)22-14-6-12-20-10-3-4-11-20/h5,7-8,15,18,21H,3-4,6,9-14H2,1-2H3. The highest BCUT2D eigenvalue weighted by molar-refractivity contribution is 5.29. The number of ether oxygens (including phenoxy) is 1. The van der Waals surface area contributed by atoms with E-state index < -0.39 is 6.10 Å². The van der Waals surface area contributed by atoms with Crippen LogP contribution in [-0.2, 0) is 0 Å². The third-order valence-corrected chi connectivity index (χ3v) is 4.18. The van der Waals surface area contributed by atoms with Gasteiger partial charge in [0.1, 0.15) is 5.75 Å². The van der Waals surface area contributed by atoms with Gasteiger partial charge in [-0.15, -0.1) is 0 Å². The van der Waals surface area contributed by atoms with Crippen LogP contribution in [0.4, 0.5) is 0 Å². The van der Waals surface area contributed by atoms with E-state index in [1.807, 2.05) is 38.4 Å². The molecule has 1 fully saturated rings. The van der Waals surface area contributed by atoms with Crippen molar-refractivity contribution in [1.82, 2.24) is 9.80 Å². The lowest BCUT2D eigenvalue weighted by atomic mass is 10.1. The van der Waals surface area contributed by atoms with Gasteiger partial charge in [0.05, 0.1) is 12.7 Å². The number of rotatable bonds is 9.